The minimum absolute atomic E-state index is 0.607. The van der Waals surface area contributed by atoms with Gasteiger partial charge >= 0.3 is 0 Å². The summed E-state index contributed by atoms with van der Waals surface area (Å²) in [6.07, 6.45) is 1.83. The monoisotopic (exact) mass is 356 g/mol. The van der Waals surface area contributed by atoms with E-state index in [2.05, 4.69) is 62.3 Å². The van der Waals surface area contributed by atoms with E-state index in [1.165, 1.54) is 5.56 Å². The van der Waals surface area contributed by atoms with E-state index >= 15 is 0 Å². The minimum Gasteiger partial charge on any atom is -0.324 e. The Kier molecular flexibility index (Phi) is 4.36. The van der Waals surface area contributed by atoms with Gasteiger partial charge in [-0.3, -0.25) is 0 Å². The van der Waals surface area contributed by atoms with Crippen molar-refractivity contribution in [2.45, 2.75) is 6.54 Å². The molecule has 3 aromatic rings. The van der Waals surface area contributed by atoms with Gasteiger partial charge in [-0.25, -0.2) is 9.97 Å². The van der Waals surface area contributed by atoms with Crippen LogP contribution in [0, 0.1) is 0 Å². The first kappa shape index (κ1) is 14.9. The van der Waals surface area contributed by atoms with E-state index in [1.54, 1.807) is 0 Å². The summed E-state index contributed by atoms with van der Waals surface area (Å²) in [5, 5.41) is 4.26. The average molecular weight is 357 g/mol. The number of halogens is 1. The molecular weight excluding hydrogens is 340 g/mol. The number of aromatic nitrogens is 2. The smallest absolute Gasteiger partial charge is 0.227 e. The van der Waals surface area contributed by atoms with Crippen LogP contribution in [0.2, 0.25) is 0 Å². The molecular formula is C17H17BrN4. The molecule has 22 heavy (non-hydrogen) atoms. The Hall–Kier alpha value is -1.98. The van der Waals surface area contributed by atoms with E-state index in [0.29, 0.717) is 5.95 Å². The quantitative estimate of drug-likeness (QED) is 0.760. The Morgan fingerprint density at radius 2 is 1.86 bits per heavy atom. The summed E-state index contributed by atoms with van der Waals surface area (Å²) in [4.78, 5) is 11.0. The van der Waals surface area contributed by atoms with Gasteiger partial charge in [0, 0.05) is 28.3 Å². The Morgan fingerprint density at radius 3 is 2.59 bits per heavy atom. The van der Waals surface area contributed by atoms with Crippen molar-refractivity contribution in [2.24, 2.45) is 0 Å². The van der Waals surface area contributed by atoms with Gasteiger partial charge in [0.15, 0.2) is 0 Å². The molecule has 0 aliphatic rings. The maximum Gasteiger partial charge on any atom is 0.227 e. The summed E-state index contributed by atoms with van der Waals surface area (Å²) >= 11 is 3.45. The van der Waals surface area contributed by atoms with Crippen molar-refractivity contribution in [3.63, 3.8) is 0 Å². The summed E-state index contributed by atoms with van der Waals surface area (Å²) in [5.74, 6) is 0.607. The van der Waals surface area contributed by atoms with Gasteiger partial charge in [0.1, 0.15) is 0 Å². The van der Waals surface area contributed by atoms with Gasteiger partial charge in [-0.2, -0.15) is 0 Å². The average Bonchev–Trinajstić information content (AvgIpc) is 2.49. The topological polar surface area (TPSA) is 41.0 Å². The molecule has 1 N–H and O–H groups in total. The summed E-state index contributed by atoms with van der Waals surface area (Å²) < 4.78 is 1.03. The van der Waals surface area contributed by atoms with Crippen molar-refractivity contribution in [3.8, 4) is 0 Å². The molecule has 0 atom stereocenters. The van der Waals surface area contributed by atoms with E-state index in [9.17, 15) is 0 Å². The highest BCUT2D eigenvalue weighted by molar-refractivity contribution is 9.10. The predicted molar refractivity (Wildman–Crippen MR) is 94.4 cm³/mol. The number of hydrogen-bond donors (Lipinski definition) is 1. The molecule has 0 aliphatic carbocycles. The standard InChI is InChI=1S/C17H17BrN4/c1-22(2)11-12-3-6-15(7-4-12)20-17-19-10-13-9-14(18)5-8-16(13)21-17/h3-10H,11H2,1-2H3,(H,19,20,21). The molecule has 0 unspecified atom stereocenters. The number of rotatable bonds is 4. The first-order chi connectivity index (χ1) is 10.6. The third-order valence-electron chi connectivity index (χ3n) is 3.25. The molecule has 0 bridgehead atoms. The first-order valence-electron chi connectivity index (χ1n) is 7.03. The SMILES string of the molecule is CN(C)Cc1ccc(Nc2ncc3cc(Br)ccc3n2)cc1. The van der Waals surface area contributed by atoms with Crippen molar-refractivity contribution in [3.05, 3.63) is 58.7 Å². The molecule has 0 saturated carbocycles. The lowest BCUT2D eigenvalue weighted by Crippen LogP contribution is -2.10. The molecule has 2 aromatic carbocycles. The molecule has 0 radical (unpaired) electrons. The van der Waals surface area contributed by atoms with E-state index in [0.717, 1.165) is 27.6 Å². The zero-order chi connectivity index (χ0) is 15.5. The summed E-state index contributed by atoms with van der Waals surface area (Å²) in [5.41, 5.74) is 3.18. The third-order valence-corrected chi connectivity index (χ3v) is 3.74. The maximum atomic E-state index is 4.53. The molecule has 1 aromatic heterocycles. The van der Waals surface area contributed by atoms with E-state index in [4.69, 9.17) is 0 Å². The normalized spacial score (nSPS) is 11.1. The lowest BCUT2D eigenvalue weighted by Gasteiger charge is -2.10. The van der Waals surface area contributed by atoms with E-state index in [1.807, 2.05) is 36.5 Å². The van der Waals surface area contributed by atoms with Gasteiger partial charge in [0.2, 0.25) is 5.95 Å². The number of anilines is 2. The Bertz CT molecular complexity index is 784. The van der Waals surface area contributed by atoms with Gasteiger partial charge in [-0.1, -0.05) is 28.1 Å². The summed E-state index contributed by atoms with van der Waals surface area (Å²) in [6, 6.07) is 14.3. The molecule has 1 heterocycles. The second-order valence-corrected chi connectivity index (χ2v) is 6.37. The van der Waals surface area contributed by atoms with Gasteiger partial charge in [0.05, 0.1) is 5.52 Å². The Balaban J connectivity index is 1.79. The van der Waals surface area contributed by atoms with Gasteiger partial charge in [-0.15, -0.1) is 0 Å². The van der Waals surface area contributed by atoms with Crippen LogP contribution in [0.25, 0.3) is 10.9 Å². The van der Waals surface area contributed by atoms with Crippen LogP contribution in [0.1, 0.15) is 5.56 Å². The fraction of sp³-hybridized carbons (Fsp3) is 0.176. The van der Waals surface area contributed by atoms with Crippen LogP contribution in [0.15, 0.2) is 53.1 Å². The zero-order valence-corrected chi connectivity index (χ0v) is 14.1. The largest absolute Gasteiger partial charge is 0.324 e. The van der Waals surface area contributed by atoms with Crippen molar-refractivity contribution in [1.29, 1.82) is 0 Å². The molecule has 4 nitrogen and oxygen atoms in total. The highest BCUT2D eigenvalue weighted by Gasteiger charge is 2.02. The van der Waals surface area contributed by atoms with Crippen LogP contribution in [0.5, 0.6) is 0 Å². The maximum absolute atomic E-state index is 4.53. The van der Waals surface area contributed by atoms with Crippen LogP contribution in [-0.2, 0) is 6.54 Å². The lowest BCUT2D eigenvalue weighted by molar-refractivity contribution is 0.402. The third kappa shape index (κ3) is 3.61. The Labute approximate surface area is 138 Å². The predicted octanol–water partition coefficient (Wildman–Crippen LogP) is 4.20. The molecule has 0 spiro atoms. The number of hydrogen-bond acceptors (Lipinski definition) is 4. The van der Waals surface area contributed by atoms with Crippen molar-refractivity contribution < 1.29 is 0 Å². The molecule has 0 aliphatic heterocycles. The van der Waals surface area contributed by atoms with Crippen LogP contribution >= 0.6 is 15.9 Å². The van der Waals surface area contributed by atoms with E-state index < -0.39 is 0 Å². The highest BCUT2D eigenvalue weighted by atomic mass is 79.9. The number of nitrogens with zero attached hydrogens (tertiary/aromatic N) is 3. The Morgan fingerprint density at radius 1 is 1.09 bits per heavy atom. The summed E-state index contributed by atoms with van der Waals surface area (Å²) in [6.45, 7) is 0.932. The highest BCUT2D eigenvalue weighted by Crippen LogP contribution is 2.20. The fourth-order valence-electron chi connectivity index (χ4n) is 2.25. The van der Waals surface area contributed by atoms with Crippen LogP contribution in [0.3, 0.4) is 0 Å². The lowest BCUT2D eigenvalue weighted by atomic mass is 10.2. The van der Waals surface area contributed by atoms with E-state index in [-0.39, 0.29) is 0 Å². The van der Waals surface area contributed by atoms with Crippen LogP contribution < -0.4 is 5.32 Å². The fourth-order valence-corrected chi connectivity index (χ4v) is 2.63. The van der Waals surface area contributed by atoms with Gasteiger partial charge in [0.25, 0.3) is 0 Å². The number of benzene rings is 2. The van der Waals surface area contributed by atoms with Crippen molar-refractivity contribution in [1.82, 2.24) is 14.9 Å². The molecule has 5 heteroatoms. The van der Waals surface area contributed by atoms with Gasteiger partial charge in [-0.05, 0) is 50.0 Å². The first-order valence-corrected chi connectivity index (χ1v) is 7.82. The summed E-state index contributed by atoms with van der Waals surface area (Å²) in [7, 11) is 4.13. The molecule has 0 amide bonds. The zero-order valence-electron chi connectivity index (χ0n) is 12.5. The minimum atomic E-state index is 0.607. The van der Waals surface area contributed by atoms with Gasteiger partial charge < -0.3 is 10.2 Å². The molecule has 0 saturated heterocycles. The second-order valence-electron chi connectivity index (χ2n) is 5.46. The number of fused-ring (bicyclic) bond motifs is 1. The molecule has 0 fully saturated rings. The van der Waals surface area contributed by atoms with Crippen LogP contribution in [-0.4, -0.2) is 29.0 Å². The number of nitrogens with one attached hydrogen (secondary N) is 1. The molecule has 112 valence electrons. The molecule has 3 rings (SSSR count). The van der Waals surface area contributed by atoms with Crippen LogP contribution in [0.4, 0.5) is 11.6 Å². The van der Waals surface area contributed by atoms with Crippen molar-refractivity contribution in [2.75, 3.05) is 19.4 Å². The second kappa shape index (κ2) is 6.42. The van der Waals surface area contributed by atoms with Crippen molar-refractivity contribution >= 4 is 38.5 Å².